The first-order chi connectivity index (χ1) is 12.0. The van der Waals surface area contributed by atoms with Gasteiger partial charge in [-0.15, -0.1) is 0 Å². The van der Waals surface area contributed by atoms with Gasteiger partial charge in [0.05, 0.1) is 25.7 Å². The van der Waals surface area contributed by atoms with Gasteiger partial charge in [0.15, 0.2) is 0 Å². The minimum Gasteiger partial charge on any atom is -0.466 e. The summed E-state index contributed by atoms with van der Waals surface area (Å²) in [5.41, 5.74) is 1.13. The Bertz CT molecular complexity index is 529. The molecule has 0 aliphatic carbocycles. The smallest absolute Gasteiger partial charge is 0.307 e. The summed E-state index contributed by atoms with van der Waals surface area (Å²) in [6.45, 7) is 4.16. The van der Waals surface area contributed by atoms with Gasteiger partial charge in [-0.3, -0.25) is 9.59 Å². The molecule has 1 unspecified atom stereocenters. The molecule has 0 radical (unpaired) electrons. The third-order valence-corrected chi connectivity index (χ3v) is 4.33. The maximum atomic E-state index is 12.6. The number of hydrogen-bond acceptors (Lipinski definition) is 4. The molecule has 0 aliphatic heterocycles. The second kappa shape index (κ2) is 11.9. The number of halogens is 1. The van der Waals surface area contributed by atoms with Crippen LogP contribution in [-0.4, -0.2) is 47.7 Å². The van der Waals surface area contributed by atoms with Crippen molar-refractivity contribution in [2.24, 2.45) is 0 Å². The fraction of sp³-hybridized carbons (Fsp3) is 0.579. The zero-order valence-electron chi connectivity index (χ0n) is 15.0. The Balaban J connectivity index is 2.55. The van der Waals surface area contributed by atoms with Crippen LogP contribution in [0, 0.1) is 0 Å². The Labute approximate surface area is 154 Å². The van der Waals surface area contributed by atoms with E-state index in [1.807, 2.05) is 31.2 Å². The minimum absolute atomic E-state index is 0.0424. The van der Waals surface area contributed by atoms with E-state index in [9.17, 15) is 14.7 Å². The predicted molar refractivity (Wildman–Crippen MR) is 98.5 cm³/mol. The Morgan fingerprint density at radius 1 is 1.20 bits per heavy atom. The molecular weight excluding hydrogens is 342 g/mol. The molecule has 5 nitrogen and oxygen atoms in total. The number of aliphatic hydroxyl groups excluding tert-OH is 1. The van der Waals surface area contributed by atoms with Crippen LogP contribution < -0.4 is 0 Å². The second-order valence-electron chi connectivity index (χ2n) is 5.87. The predicted octanol–water partition coefficient (Wildman–Crippen LogP) is 3.22. The summed E-state index contributed by atoms with van der Waals surface area (Å²) in [7, 11) is 0. The fourth-order valence-electron chi connectivity index (χ4n) is 2.64. The molecule has 1 aromatic rings. The fourth-order valence-corrected chi connectivity index (χ4v) is 2.77. The van der Waals surface area contributed by atoms with Gasteiger partial charge >= 0.3 is 5.97 Å². The normalized spacial score (nSPS) is 11.8. The summed E-state index contributed by atoms with van der Waals surface area (Å²) in [5.74, 6) is -0.367. The number of ether oxygens (including phenoxy) is 1. The van der Waals surface area contributed by atoms with Crippen molar-refractivity contribution in [2.45, 2.75) is 52.0 Å². The molecule has 1 amide bonds. The molecule has 140 valence electrons. The molecule has 0 saturated carbocycles. The molecule has 1 atom stereocenters. The number of nitrogens with zero attached hydrogens (tertiary/aromatic N) is 1. The molecule has 1 aromatic carbocycles. The van der Waals surface area contributed by atoms with E-state index in [-0.39, 0.29) is 37.5 Å². The van der Waals surface area contributed by atoms with Gasteiger partial charge in [0, 0.05) is 18.0 Å². The molecule has 0 heterocycles. The maximum Gasteiger partial charge on any atom is 0.307 e. The van der Waals surface area contributed by atoms with E-state index < -0.39 is 0 Å². The SMILES string of the molecule is CCOC(=O)CCN(C(=O)CCCc1ccc(Cl)cc1)C(CC)CO. The molecule has 0 bridgehead atoms. The molecule has 1 rings (SSSR count). The number of carbonyl (C=O) groups excluding carboxylic acids is 2. The summed E-state index contributed by atoms with van der Waals surface area (Å²) < 4.78 is 4.92. The van der Waals surface area contributed by atoms with Crippen LogP contribution in [0.3, 0.4) is 0 Å². The molecule has 1 N–H and O–H groups in total. The van der Waals surface area contributed by atoms with Crippen molar-refractivity contribution in [1.82, 2.24) is 4.90 Å². The van der Waals surface area contributed by atoms with Gasteiger partial charge in [-0.2, -0.15) is 0 Å². The number of rotatable bonds is 11. The number of carbonyl (C=O) groups is 2. The summed E-state index contributed by atoms with van der Waals surface area (Å²) in [6.07, 6.45) is 2.65. The second-order valence-corrected chi connectivity index (χ2v) is 6.30. The van der Waals surface area contributed by atoms with E-state index in [1.54, 1.807) is 11.8 Å². The molecule has 0 aliphatic rings. The summed E-state index contributed by atoms with van der Waals surface area (Å²) in [6, 6.07) is 7.31. The number of benzene rings is 1. The Hall–Kier alpha value is -1.59. The van der Waals surface area contributed by atoms with Crippen LogP contribution in [0.15, 0.2) is 24.3 Å². The zero-order valence-corrected chi connectivity index (χ0v) is 15.8. The van der Waals surface area contributed by atoms with Crippen LogP contribution in [0.1, 0.15) is 45.1 Å². The van der Waals surface area contributed by atoms with Gasteiger partial charge in [-0.25, -0.2) is 0 Å². The van der Waals surface area contributed by atoms with Gasteiger partial charge < -0.3 is 14.7 Å². The third-order valence-electron chi connectivity index (χ3n) is 4.07. The van der Waals surface area contributed by atoms with Crippen LogP contribution in [0.2, 0.25) is 5.02 Å². The summed E-state index contributed by atoms with van der Waals surface area (Å²) >= 11 is 5.86. The average molecular weight is 370 g/mol. The molecule has 0 fully saturated rings. The standard InChI is InChI=1S/C19H28ClNO4/c1-3-17(14-22)21(13-12-19(24)25-4-2)18(23)7-5-6-15-8-10-16(20)11-9-15/h8-11,17,22H,3-7,12-14H2,1-2H3. The molecular formula is C19H28ClNO4. The van der Waals surface area contributed by atoms with Gasteiger partial charge in [-0.05, 0) is 43.9 Å². The highest BCUT2D eigenvalue weighted by molar-refractivity contribution is 6.30. The summed E-state index contributed by atoms with van der Waals surface area (Å²) in [4.78, 5) is 25.7. The van der Waals surface area contributed by atoms with Crippen molar-refractivity contribution in [2.75, 3.05) is 19.8 Å². The number of aliphatic hydroxyl groups is 1. The molecule has 25 heavy (non-hydrogen) atoms. The Kier molecular flexibility index (Phi) is 10.2. The minimum atomic E-state index is -0.325. The van der Waals surface area contributed by atoms with Gasteiger partial charge in [0.2, 0.25) is 5.91 Å². The lowest BCUT2D eigenvalue weighted by atomic mass is 10.1. The van der Waals surface area contributed by atoms with Gasteiger partial charge in [0.25, 0.3) is 0 Å². The topological polar surface area (TPSA) is 66.8 Å². The van der Waals surface area contributed by atoms with Crippen molar-refractivity contribution in [3.05, 3.63) is 34.9 Å². The lowest BCUT2D eigenvalue weighted by Gasteiger charge is -2.30. The monoisotopic (exact) mass is 369 g/mol. The van der Waals surface area contributed by atoms with E-state index in [0.29, 0.717) is 30.9 Å². The highest BCUT2D eigenvalue weighted by Crippen LogP contribution is 2.14. The van der Waals surface area contributed by atoms with Crippen LogP contribution in [0.4, 0.5) is 0 Å². The number of esters is 1. The van der Waals surface area contributed by atoms with Crippen molar-refractivity contribution in [1.29, 1.82) is 0 Å². The van der Waals surface area contributed by atoms with E-state index in [2.05, 4.69) is 0 Å². The van der Waals surface area contributed by atoms with E-state index in [1.165, 1.54) is 0 Å². The van der Waals surface area contributed by atoms with E-state index >= 15 is 0 Å². The van der Waals surface area contributed by atoms with Crippen molar-refractivity contribution < 1.29 is 19.4 Å². The zero-order chi connectivity index (χ0) is 18.7. The third kappa shape index (κ3) is 7.88. The number of hydrogen-bond donors (Lipinski definition) is 1. The lowest BCUT2D eigenvalue weighted by molar-refractivity contribution is -0.144. The van der Waals surface area contributed by atoms with Crippen molar-refractivity contribution >= 4 is 23.5 Å². The largest absolute Gasteiger partial charge is 0.466 e. The molecule has 0 aromatic heterocycles. The summed E-state index contributed by atoms with van der Waals surface area (Å²) in [5, 5.41) is 10.2. The van der Waals surface area contributed by atoms with E-state index in [0.717, 1.165) is 12.0 Å². The first kappa shape index (κ1) is 21.5. The molecule has 0 saturated heterocycles. The van der Waals surface area contributed by atoms with Crippen LogP contribution in [0.25, 0.3) is 0 Å². The number of amides is 1. The molecule has 6 heteroatoms. The van der Waals surface area contributed by atoms with Crippen LogP contribution >= 0.6 is 11.6 Å². The van der Waals surface area contributed by atoms with Crippen molar-refractivity contribution in [3.63, 3.8) is 0 Å². The van der Waals surface area contributed by atoms with Gasteiger partial charge in [-0.1, -0.05) is 30.7 Å². The van der Waals surface area contributed by atoms with E-state index in [4.69, 9.17) is 16.3 Å². The highest BCUT2D eigenvalue weighted by Gasteiger charge is 2.22. The van der Waals surface area contributed by atoms with Gasteiger partial charge in [0.1, 0.15) is 0 Å². The van der Waals surface area contributed by atoms with Crippen LogP contribution in [0.5, 0.6) is 0 Å². The van der Waals surface area contributed by atoms with Crippen LogP contribution in [-0.2, 0) is 20.7 Å². The maximum absolute atomic E-state index is 12.6. The quantitative estimate of drug-likeness (QED) is 0.608. The Morgan fingerprint density at radius 2 is 1.88 bits per heavy atom. The average Bonchev–Trinajstić information content (AvgIpc) is 2.60. The van der Waals surface area contributed by atoms with Crippen molar-refractivity contribution in [3.8, 4) is 0 Å². The first-order valence-electron chi connectivity index (χ1n) is 8.82. The molecule has 0 spiro atoms. The number of aryl methyl sites for hydroxylation is 1. The lowest BCUT2D eigenvalue weighted by Crippen LogP contribution is -2.43. The first-order valence-corrected chi connectivity index (χ1v) is 9.19. The highest BCUT2D eigenvalue weighted by atomic mass is 35.5. The Morgan fingerprint density at radius 3 is 2.44 bits per heavy atom.